The van der Waals surface area contributed by atoms with Gasteiger partial charge in [0, 0.05) is 24.5 Å². The molecule has 23 heavy (non-hydrogen) atoms. The normalized spacial score (nSPS) is 20.6. The van der Waals surface area contributed by atoms with Crippen LogP contribution in [0.4, 0.5) is 13.2 Å². The van der Waals surface area contributed by atoms with Crippen molar-refractivity contribution in [1.29, 1.82) is 0 Å². The molecule has 2 heterocycles. The number of H-pyrrole nitrogens is 1. The number of aromatic nitrogens is 3. The molecule has 0 aromatic carbocycles. The summed E-state index contributed by atoms with van der Waals surface area (Å²) in [7, 11) is 0. The topological polar surface area (TPSA) is 48.1 Å². The number of hydrogen-bond acceptors (Lipinski definition) is 4. The lowest BCUT2D eigenvalue weighted by Crippen LogP contribution is -2.39. The van der Waals surface area contributed by atoms with Gasteiger partial charge in [0.25, 0.3) is 0 Å². The van der Waals surface area contributed by atoms with E-state index in [1.807, 2.05) is 27.7 Å². The molecular formula is C15H26F3N5. The summed E-state index contributed by atoms with van der Waals surface area (Å²) >= 11 is 0. The number of nitrogens with one attached hydrogen (secondary N) is 1. The minimum atomic E-state index is -4.13. The maximum absolute atomic E-state index is 12.5. The van der Waals surface area contributed by atoms with Gasteiger partial charge in [0.2, 0.25) is 0 Å². The Labute approximate surface area is 135 Å². The Morgan fingerprint density at radius 2 is 2.00 bits per heavy atom. The molecule has 1 aliphatic rings. The van der Waals surface area contributed by atoms with E-state index in [0.29, 0.717) is 19.6 Å². The van der Waals surface area contributed by atoms with Crippen molar-refractivity contribution in [2.24, 2.45) is 0 Å². The molecule has 1 fully saturated rings. The molecule has 132 valence electrons. The van der Waals surface area contributed by atoms with E-state index < -0.39 is 12.7 Å². The first-order valence-electron chi connectivity index (χ1n) is 8.03. The van der Waals surface area contributed by atoms with Gasteiger partial charge in [-0.2, -0.15) is 18.3 Å². The number of likely N-dealkylation sites (tertiary alicyclic amines) is 1. The summed E-state index contributed by atoms with van der Waals surface area (Å²) in [5, 5.41) is 7.20. The van der Waals surface area contributed by atoms with E-state index in [-0.39, 0.29) is 11.5 Å². The second-order valence-electron chi connectivity index (χ2n) is 7.21. The third kappa shape index (κ3) is 5.17. The number of aromatic amines is 1. The third-order valence-corrected chi connectivity index (χ3v) is 4.13. The Balaban J connectivity index is 1.94. The maximum Gasteiger partial charge on any atom is 0.401 e. The van der Waals surface area contributed by atoms with E-state index in [1.54, 1.807) is 0 Å². The third-order valence-electron chi connectivity index (χ3n) is 4.13. The highest BCUT2D eigenvalue weighted by atomic mass is 19.4. The fraction of sp³-hybridized carbons (Fsp3) is 0.867. The van der Waals surface area contributed by atoms with Crippen LogP contribution in [0.3, 0.4) is 0 Å². The SMILES string of the molecule is CCN(Cc1nc(C(C)(C)C)n[nH]1)C1CCN(CC(F)(F)F)C1. The van der Waals surface area contributed by atoms with Gasteiger partial charge in [-0.25, -0.2) is 4.98 Å². The summed E-state index contributed by atoms with van der Waals surface area (Å²) in [6.45, 7) is 9.64. The molecule has 1 aliphatic heterocycles. The largest absolute Gasteiger partial charge is 0.401 e. The van der Waals surface area contributed by atoms with Crippen molar-refractivity contribution in [1.82, 2.24) is 25.0 Å². The maximum atomic E-state index is 12.5. The molecule has 1 N–H and O–H groups in total. The quantitative estimate of drug-likeness (QED) is 0.900. The molecule has 1 aromatic heterocycles. The highest BCUT2D eigenvalue weighted by Gasteiger charge is 2.35. The van der Waals surface area contributed by atoms with Crippen molar-refractivity contribution in [2.75, 3.05) is 26.2 Å². The van der Waals surface area contributed by atoms with Crippen LogP contribution in [0.2, 0.25) is 0 Å². The smallest absolute Gasteiger partial charge is 0.293 e. The van der Waals surface area contributed by atoms with Gasteiger partial charge in [-0.1, -0.05) is 27.7 Å². The zero-order chi connectivity index (χ0) is 17.3. The average molecular weight is 333 g/mol. The predicted octanol–water partition coefficient (Wildman–Crippen LogP) is 2.56. The van der Waals surface area contributed by atoms with Gasteiger partial charge in [-0.15, -0.1) is 0 Å². The van der Waals surface area contributed by atoms with Crippen LogP contribution in [0.15, 0.2) is 0 Å². The average Bonchev–Trinajstić information content (AvgIpc) is 3.02. The number of hydrogen-bond donors (Lipinski definition) is 1. The Morgan fingerprint density at radius 1 is 1.30 bits per heavy atom. The van der Waals surface area contributed by atoms with Crippen molar-refractivity contribution in [3.63, 3.8) is 0 Å². The standard InChI is InChI=1S/C15H26F3N5/c1-5-23(9-12-19-13(21-20-12)14(2,3)4)11-6-7-22(8-11)10-15(16,17)18/h11H,5-10H2,1-4H3,(H,19,20,21). The van der Waals surface area contributed by atoms with Crippen LogP contribution < -0.4 is 0 Å². The Bertz CT molecular complexity index is 506. The van der Waals surface area contributed by atoms with Crippen LogP contribution in [0.1, 0.15) is 45.8 Å². The van der Waals surface area contributed by atoms with E-state index in [0.717, 1.165) is 24.6 Å². The fourth-order valence-corrected chi connectivity index (χ4v) is 2.90. The van der Waals surface area contributed by atoms with Crippen molar-refractivity contribution in [2.45, 2.75) is 58.3 Å². The van der Waals surface area contributed by atoms with Gasteiger partial charge in [0.05, 0.1) is 13.1 Å². The number of halogens is 3. The molecule has 1 atom stereocenters. The van der Waals surface area contributed by atoms with Gasteiger partial charge in [-0.05, 0) is 13.0 Å². The summed E-state index contributed by atoms with van der Waals surface area (Å²) in [5.74, 6) is 1.53. The summed E-state index contributed by atoms with van der Waals surface area (Å²) in [4.78, 5) is 8.17. The number of nitrogens with zero attached hydrogens (tertiary/aromatic N) is 4. The zero-order valence-corrected chi connectivity index (χ0v) is 14.2. The molecule has 0 bridgehead atoms. The molecule has 5 nitrogen and oxygen atoms in total. The van der Waals surface area contributed by atoms with Gasteiger partial charge in [-0.3, -0.25) is 14.9 Å². The number of likely N-dealkylation sites (N-methyl/N-ethyl adjacent to an activating group) is 1. The summed E-state index contributed by atoms with van der Waals surface area (Å²) < 4.78 is 37.5. The Hall–Kier alpha value is -1.15. The van der Waals surface area contributed by atoms with Crippen molar-refractivity contribution in [3.05, 3.63) is 11.6 Å². The lowest BCUT2D eigenvalue weighted by molar-refractivity contribution is -0.143. The predicted molar refractivity (Wildman–Crippen MR) is 82.1 cm³/mol. The Kier molecular flexibility index (Phi) is 5.35. The minimum absolute atomic E-state index is 0.122. The molecule has 8 heteroatoms. The summed E-state index contributed by atoms with van der Waals surface area (Å²) in [6.07, 6.45) is -3.37. The van der Waals surface area contributed by atoms with Crippen LogP contribution in [0.5, 0.6) is 0 Å². The van der Waals surface area contributed by atoms with Crippen molar-refractivity contribution >= 4 is 0 Å². The molecule has 1 unspecified atom stereocenters. The zero-order valence-electron chi connectivity index (χ0n) is 14.2. The first kappa shape index (κ1) is 18.2. The number of alkyl halides is 3. The molecule has 1 saturated heterocycles. The number of rotatable bonds is 5. The first-order valence-corrected chi connectivity index (χ1v) is 8.03. The van der Waals surface area contributed by atoms with Crippen LogP contribution in [0.25, 0.3) is 0 Å². The lowest BCUT2D eigenvalue weighted by Gasteiger charge is -2.27. The molecule has 0 spiro atoms. The van der Waals surface area contributed by atoms with E-state index in [1.165, 1.54) is 4.90 Å². The lowest BCUT2D eigenvalue weighted by atomic mass is 9.96. The van der Waals surface area contributed by atoms with E-state index >= 15 is 0 Å². The van der Waals surface area contributed by atoms with Gasteiger partial charge >= 0.3 is 6.18 Å². The monoisotopic (exact) mass is 333 g/mol. The molecule has 0 saturated carbocycles. The molecule has 0 radical (unpaired) electrons. The highest BCUT2D eigenvalue weighted by molar-refractivity contribution is 5.02. The van der Waals surface area contributed by atoms with Crippen molar-refractivity contribution < 1.29 is 13.2 Å². The van der Waals surface area contributed by atoms with E-state index in [4.69, 9.17) is 0 Å². The second kappa shape index (κ2) is 6.76. The van der Waals surface area contributed by atoms with Gasteiger partial charge < -0.3 is 0 Å². The fourth-order valence-electron chi connectivity index (χ4n) is 2.90. The van der Waals surface area contributed by atoms with E-state index in [9.17, 15) is 13.2 Å². The summed E-state index contributed by atoms with van der Waals surface area (Å²) in [6, 6.07) is 0.130. The van der Waals surface area contributed by atoms with Gasteiger partial charge in [0.1, 0.15) is 5.82 Å². The van der Waals surface area contributed by atoms with Crippen LogP contribution in [-0.2, 0) is 12.0 Å². The molecule has 0 amide bonds. The van der Waals surface area contributed by atoms with Crippen LogP contribution >= 0.6 is 0 Å². The van der Waals surface area contributed by atoms with Crippen molar-refractivity contribution in [3.8, 4) is 0 Å². The van der Waals surface area contributed by atoms with Gasteiger partial charge in [0.15, 0.2) is 5.82 Å². The Morgan fingerprint density at radius 3 is 2.52 bits per heavy atom. The molecular weight excluding hydrogens is 307 g/mol. The first-order chi connectivity index (χ1) is 10.6. The summed E-state index contributed by atoms with van der Waals surface area (Å²) in [5.41, 5.74) is -0.122. The molecule has 0 aliphatic carbocycles. The molecule has 2 rings (SSSR count). The molecule has 1 aromatic rings. The second-order valence-corrected chi connectivity index (χ2v) is 7.21. The highest BCUT2D eigenvalue weighted by Crippen LogP contribution is 2.23. The van der Waals surface area contributed by atoms with E-state index in [2.05, 4.69) is 20.1 Å². The minimum Gasteiger partial charge on any atom is -0.293 e. The van der Waals surface area contributed by atoms with Crippen LogP contribution in [0, 0.1) is 0 Å². The van der Waals surface area contributed by atoms with Crippen LogP contribution in [-0.4, -0.2) is 63.4 Å².